The minimum Gasteiger partial charge on any atom is -0.322 e. The maximum Gasteiger partial charge on any atom is 0.264 e. The number of nitrogens with zero attached hydrogens (tertiary/aromatic N) is 4. The van der Waals surface area contributed by atoms with E-state index in [1.807, 2.05) is 0 Å². The van der Waals surface area contributed by atoms with Crippen LogP contribution >= 0.6 is 11.6 Å². The standard InChI is InChI=1S/C19H13ClFN5O2/c20-12-5-7-13(8-6-12)26-18-14(9-23-26)19(28)25(11-22-18)10-17(27)24-16-4-2-1-3-15(16)21/h1-9,11H,10H2,(H,24,27). The molecule has 140 valence electrons. The molecule has 4 aromatic rings. The monoisotopic (exact) mass is 397 g/mol. The lowest BCUT2D eigenvalue weighted by Gasteiger charge is -2.08. The van der Waals surface area contributed by atoms with Crippen LogP contribution in [-0.4, -0.2) is 25.2 Å². The summed E-state index contributed by atoms with van der Waals surface area (Å²) in [6.45, 7) is -0.303. The minimum atomic E-state index is -0.555. The van der Waals surface area contributed by atoms with Crippen molar-refractivity contribution in [3.8, 4) is 5.69 Å². The Morgan fingerprint density at radius 1 is 1.14 bits per heavy atom. The van der Waals surface area contributed by atoms with Gasteiger partial charge in [-0.1, -0.05) is 23.7 Å². The number of para-hydroxylation sites is 1. The lowest BCUT2D eigenvalue weighted by molar-refractivity contribution is -0.116. The van der Waals surface area contributed by atoms with Gasteiger partial charge in [-0.3, -0.25) is 14.2 Å². The fourth-order valence-corrected chi connectivity index (χ4v) is 2.87. The van der Waals surface area contributed by atoms with Crippen molar-refractivity contribution in [1.29, 1.82) is 0 Å². The fourth-order valence-electron chi connectivity index (χ4n) is 2.74. The Hall–Kier alpha value is -3.52. The lowest BCUT2D eigenvalue weighted by atomic mass is 10.3. The number of anilines is 1. The molecule has 0 aliphatic heterocycles. The highest BCUT2D eigenvalue weighted by Gasteiger charge is 2.14. The molecule has 28 heavy (non-hydrogen) atoms. The number of hydrogen-bond acceptors (Lipinski definition) is 4. The second kappa shape index (κ2) is 7.24. The number of amides is 1. The van der Waals surface area contributed by atoms with E-state index in [1.165, 1.54) is 35.4 Å². The molecule has 2 heterocycles. The third-order valence-corrected chi connectivity index (χ3v) is 4.34. The molecule has 0 unspecified atom stereocenters. The van der Waals surface area contributed by atoms with Crippen LogP contribution in [0.3, 0.4) is 0 Å². The summed E-state index contributed by atoms with van der Waals surface area (Å²) < 4.78 is 16.3. The van der Waals surface area contributed by atoms with Crippen LogP contribution in [0, 0.1) is 5.82 Å². The summed E-state index contributed by atoms with van der Waals surface area (Å²) in [7, 11) is 0. The average Bonchev–Trinajstić information content (AvgIpc) is 3.11. The zero-order chi connectivity index (χ0) is 19.7. The largest absolute Gasteiger partial charge is 0.322 e. The first kappa shape index (κ1) is 17.9. The number of fused-ring (bicyclic) bond motifs is 1. The van der Waals surface area contributed by atoms with Gasteiger partial charge in [-0.15, -0.1) is 0 Å². The second-order valence-corrected chi connectivity index (χ2v) is 6.41. The van der Waals surface area contributed by atoms with Gasteiger partial charge in [0, 0.05) is 5.02 Å². The van der Waals surface area contributed by atoms with Crippen LogP contribution in [0.15, 0.2) is 65.8 Å². The summed E-state index contributed by atoms with van der Waals surface area (Å²) in [6.07, 6.45) is 2.66. The van der Waals surface area contributed by atoms with Crippen molar-refractivity contribution in [3.63, 3.8) is 0 Å². The SMILES string of the molecule is O=C(Cn1cnc2c(cnn2-c2ccc(Cl)cc2)c1=O)Nc1ccccc1F. The van der Waals surface area contributed by atoms with Crippen molar-refractivity contribution >= 4 is 34.2 Å². The molecule has 7 nitrogen and oxygen atoms in total. The fraction of sp³-hybridized carbons (Fsp3) is 0.0526. The zero-order valence-corrected chi connectivity index (χ0v) is 15.1. The molecule has 1 N–H and O–H groups in total. The van der Waals surface area contributed by atoms with Crippen LogP contribution in [0.2, 0.25) is 5.02 Å². The quantitative estimate of drug-likeness (QED) is 0.574. The molecule has 0 bridgehead atoms. The number of benzene rings is 2. The van der Waals surface area contributed by atoms with Gasteiger partial charge in [0.05, 0.1) is 17.6 Å². The van der Waals surface area contributed by atoms with E-state index in [1.54, 1.807) is 30.3 Å². The van der Waals surface area contributed by atoms with E-state index in [-0.39, 0.29) is 17.6 Å². The summed E-state index contributed by atoms with van der Waals surface area (Å²) >= 11 is 5.89. The van der Waals surface area contributed by atoms with Gasteiger partial charge in [0.15, 0.2) is 5.65 Å². The van der Waals surface area contributed by atoms with E-state index in [4.69, 9.17) is 11.6 Å². The predicted molar refractivity (Wildman–Crippen MR) is 103 cm³/mol. The summed E-state index contributed by atoms with van der Waals surface area (Å²) in [5, 5.41) is 7.48. The highest BCUT2D eigenvalue weighted by molar-refractivity contribution is 6.30. The van der Waals surface area contributed by atoms with Crippen molar-refractivity contribution in [2.24, 2.45) is 0 Å². The molecule has 9 heteroatoms. The van der Waals surface area contributed by atoms with E-state index >= 15 is 0 Å². The van der Waals surface area contributed by atoms with Crippen molar-refractivity contribution in [2.75, 3.05) is 5.32 Å². The summed E-state index contributed by atoms with van der Waals surface area (Å²) in [4.78, 5) is 29.1. The predicted octanol–water partition coefficient (Wildman–Crippen LogP) is 3.01. The molecule has 1 amide bonds. The van der Waals surface area contributed by atoms with E-state index < -0.39 is 17.3 Å². The number of carbonyl (C=O) groups is 1. The second-order valence-electron chi connectivity index (χ2n) is 5.98. The Labute approximate surface area is 163 Å². The third kappa shape index (κ3) is 3.37. The smallest absolute Gasteiger partial charge is 0.264 e. The van der Waals surface area contributed by atoms with Gasteiger partial charge < -0.3 is 5.32 Å². The highest BCUT2D eigenvalue weighted by Crippen LogP contribution is 2.16. The van der Waals surface area contributed by atoms with Gasteiger partial charge in [-0.05, 0) is 36.4 Å². The van der Waals surface area contributed by atoms with Crippen molar-refractivity contribution < 1.29 is 9.18 Å². The molecule has 0 atom stereocenters. The molecule has 0 saturated heterocycles. The topological polar surface area (TPSA) is 81.8 Å². The zero-order valence-electron chi connectivity index (χ0n) is 14.3. The number of rotatable bonds is 4. The Morgan fingerprint density at radius 2 is 1.89 bits per heavy atom. The van der Waals surface area contributed by atoms with E-state index in [0.717, 1.165) is 4.57 Å². The normalized spacial score (nSPS) is 10.9. The minimum absolute atomic E-state index is 0.0464. The molecular formula is C19H13ClFN5O2. The van der Waals surface area contributed by atoms with Crippen LogP contribution in [-0.2, 0) is 11.3 Å². The molecule has 2 aromatic heterocycles. The van der Waals surface area contributed by atoms with Crippen molar-refractivity contribution in [3.05, 3.63) is 82.2 Å². The lowest BCUT2D eigenvalue weighted by Crippen LogP contribution is -2.28. The molecule has 0 fully saturated rings. The van der Waals surface area contributed by atoms with Crippen LogP contribution < -0.4 is 10.9 Å². The van der Waals surface area contributed by atoms with Gasteiger partial charge in [0.2, 0.25) is 5.91 Å². The maximum absolute atomic E-state index is 13.7. The van der Waals surface area contributed by atoms with Crippen LogP contribution in [0.5, 0.6) is 0 Å². The Bertz CT molecular complexity index is 1230. The molecule has 0 aliphatic rings. The molecule has 4 rings (SSSR count). The van der Waals surface area contributed by atoms with Gasteiger partial charge in [0.1, 0.15) is 24.1 Å². The van der Waals surface area contributed by atoms with E-state index in [0.29, 0.717) is 16.4 Å². The van der Waals surface area contributed by atoms with E-state index in [9.17, 15) is 14.0 Å². The molecule has 0 radical (unpaired) electrons. The van der Waals surface area contributed by atoms with Gasteiger partial charge in [-0.25, -0.2) is 14.1 Å². The summed E-state index contributed by atoms with van der Waals surface area (Å²) in [5.74, 6) is -1.10. The van der Waals surface area contributed by atoms with E-state index in [2.05, 4.69) is 15.4 Å². The molecule has 0 spiro atoms. The van der Waals surface area contributed by atoms with Gasteiger partial charge >= 0.3 is 0 Å². The Balaban J connectivity index is 1.62. The van der Waals surface area contributed by atoms with Crippen molar-refractivity contribution in [2.45, 2.75) is 6.54 Å². The molecule has 2 aromatic carbocycles. The van der Waals surface area contributed by atoms with Crippen LogP contribution in [0.1, 0.15) is 0 Å². The number of aromatic nitrogens is 4. The number of nitrogens with one attached hydrogen (secondary N) is 1. The van der Waals surface area contributed by atoms with Crippen LogP contribution in [0.4, 0.5) is 10.1 Å². The Morgan fingerprint density at radius 3 is 2.64 bits per heavy atom. The van der Waals surface area contributed by atoms with Crippen molar-refractivity contribution in [1.82, 2.24) is 19.3 Å². The first-order chi connectivity index (χ1) is 13.5. The Kier molecular flexibility index (Phi) is 4.62. The van der Waals surface area contributed by atoms with Crippen LogP contribution in [0.25, 0.3) is 16.7 Å². The summed E-state index contributed by atoms with van der Waals surface area (Å²) in [5.41, 5.74) is 0.679. The summed E-state index contributed by atoms with van der Waals surface area (Å²) in [6, 6.07) is 12.7. The maximum atomic E-state index is 13.7. The number of halogens is 2. The van der Waals surface area contributed by atoms with Gasteiger partial charge in [-0.2, -0.15) is 5.10 Å². The van der Waals surface area contributed by atoms with Gasteiger partial charge in [0.25, 0.3) is 5.56 Å². The first-order valence-corrected chi connectivity index (χ1v) is 8.64. The highest BCUT2D eigenvalue weighted by atomic mass is 35.5. The first-order valence-electron chi connectivity index (χ1n) is 8.26. The number of carbonyl (C=O) groups excluding carboxylic acids is 1. The average molecular weight is 398 g/mol. The molecular weight excluding hydrogens is 385 g/mol. The molecule has 0 saturated carbocycles. The number of hydrogen-bond donors (Lipinski definition) is 1. The third-order valence-electron chi connectivity index (χ3n) is 4.09. The molecule has 0 aliphatic carbocycles.